The molecule has 4 nitrogen and oxygen atoms in total. The Kier molecular flexibility index (Phi) is 4.24. The van der Waals surface area contributed by atoms with Gasteiger partial charge in [0.15, 0.2) is 0 Å². The van der Waals surface area contributed by atoms with Gasteiger partial charge in [-0.2, -0.15) is 11.8 Å². The van der Waals surface area contributed by atoms with E-state index in [1.165, 1.54) is 0 Å². The number of carboxylic acids is 1. The second-order valence-corrected chi connectivity index (χ2v) is 5.91. The van der Waals surface area contributed by atoms with Crippen molar-refractivity contribution in [3.8, 4) is 0 Å². The van der Waals surface area contributed by atoms with Gasteiger partial charge in [0.2, 0.25) is 5.91 Å². The third-order valence-corrected chi connectivity index (χ3v) is 3.70. The number of thioether (sulfide) groups is 1. The first kappa shape index (κ1) is 13.4. The highest BCUT2D eigenvalue weighted by Crippen LogP contribution is 2.51. The molecule has 0 aromatic carbocycles. The van der Waals surface area contributed by atoms with Gasteiger partial charge in [-0.25, -0.2) is 4.79 Å². The molecule has 1 rings (SSSR count). The van der Waals surface area contributed by atoms with Crippen LogP contribution in [0.25, 0.3) is 0 Å². The van der Waals surface area contributed by atoms with Crippen molar-refractivity contribution in [2.24, 2.45) is 11.3 Å². The molecule has 92 valence electrons. The minimum atomic E-state index is -0.944. The SMILES string of the molecule is CSCC[C@H](NC(=O)C1CC1(C)C)C(=O)O. The van der Waals surface area contributed by atoms with E-state index in [-0.39, 0.29) is 17.2 Å². The standard InChI is InChI=1S/C11H19NO3S/c1-11(2)6-7(11)9(13)12-8(10(14)15)4-5-16-3/h7-8H,4-6H2,1-3H3,(H,12,13)(H,14,15)/t7?,8-/m0/s1. The number of carbonyl (C=O) groups excluding carboxylic acids is 1. The Morgan fingerprint density at radius 1 is 1.56 bits per heavy atom. The normalized spacial score (nSPS) is 23.6. The summed E-state index contributed by atoms with van der Waals surface area (Å²) >= 11 is 1.58. The van der Waals surface area contributed by atoms with Crippen molar-refractivity contribution >= 4 is 23.6 Å². The molecule has 0 bridgehead atoms. The lowest BCUT2D eigenvalue weighted by Crippen LogP contribution is -2.42. The van der Waals surface area contributed by atoms with Gasteiger partial charge in [-0.05, 0) is 30.3 Å². The summed E-state index contributed by atoms with van der Waals surface area (Å²) < 4.78 is 0. The van der Waals surface area contributed by atoms with Crippen molar-refractivity contribution < 1.29 is 14.7 Å². The Morgan fingerprint density at radius 3 is 2.50 bits per heavy atom. The Labute approximate surface area is 100 Å². The van der Waals surface area contributed by atoms with Gasteiger partial charge in [0.05, 0.1) is 0 Å². The second kappa shape index (κ2) is 5.08. The Balaban J connectivity index is 2.43. The minimum Gasteiger partial charge on any atom is -0.480 e. The highest BCUT2D eigenvalue weighted by molar-refractivity contribution is 7.98. The van der Waals surface area contributed by atoms with E-state index < -0.39 is 12.0 Å². The quantitative estimate of drug-likeness (QED) is 0.741. The molecule has 16 heavy (non-hydrogen) atoms. The summed E-state index contributed by atoms with van der Waals surface area (Å²) in [4.78, 5) is 22.6. The summed E-state index contributed by atoms with van der Waals surface area (Å²) in [6.07, 6.45) is 3.26. The lowest BCUT2D eigenvalue weighted by Gasteiger charge is -2.14. The summed E-state index contributed by atoms with van der Waals surface area (Å²) in [6.45, 7) is 4.05. The van der Waals surface area contributed by atoms with Crippen molar-refractivity contribution in [3.63, 3.8) is 0 Å². The van der Waals surface area contributed by atoms with Crippen LogP contribution in [0.5, 0.6) is 0 Å². The zero-order valence-corrected chi connectivity index (χ0v) is 10.8. The molecule has 2 N–H and O–H groups in total. The van der Waals surface area contributed by atoms with E-state index in [0.29, 0.717) is 6.42 Å². The summed E-state index contributed by atoms with van der Waals surface area (Å²) in [7, 11) is 0. The van der Waals surface area contributed by atoms with Gasteiger partial charge in [-0.15, -0.1) is 0 Å². The lowest BCUT2D eigenvalue weighted by atomic mass is 10.1. The molecule has 0 aromatic heterocycles. The smallest absolute Gasteiger partial charge is 0.326 e. The summed E-state index contributed by atoms with van der Waals surface area (Å²) in [5.41, 5.74) is 0.0483. The Hall–Kier alpha value is -0.710. The van der Waals surface area contributed by atoms with Gasteiger partial charge >= 0.3 is 5.97 Å². The molecular weight excluding hydrogens is 226 g/mol. The molecule has 0 aromatic rings. The first-order chi connectivity index (χ1) is 7.38. The maximum atomic E-state index is 11.7. The fourth-order valence-corrected chi connectivity index (χ4v) is 2.15. The van der Waals surface area contributed by atoms with E-state index in [0.717, 1.165) is 12.2 Å². The molecule has 1 fully saturated rings. The molecule has 0 radical (unpaired) electrons. The highest BCUT2D eigenvalue weighted by Gasteiger charge is 2.51. The molecule has 0 saturated heterocycles. The first-order valence-corrected chi connectivity index (χ1v) is 6.80. The zero-order chi connectivity index (χ0) is 12.3. The van der Waals surface area contributed by atoms with Crippen LogP contribution in [0.15, 0.2) is 0 Å². The lowest BCUT2D eigenvalue weighted by molar-refractivity contribution is -0.142. The summed E-state index contributed by atoms with van der Waals surface area (Å²) in [6, 6.07) is -0.739. The minimum absolute atomic E-state index is 0.0105. The van der Waals surface area contributed by atoms with Crippen LogP contribution >= 0.6 is 11.8 Å². The number of nitrogens with one attached hydrogen (secondary N) is 1. The van der Waals surface area contributed by atoms with Crippen LogP contribution < -0.4 is 5.32 Å². The van der Waals surface area contributed by atoms with E-state index in [9.17, 15) is 9.59 Å². The number of rotatable bonds is 6. The predicted molar refractivity (Wildman–Crippen MR) is 64.5 cm³/mol. The highest BCUT2D eigenvalue weighted by atomic mass is 32.2. The third kappa shape index (κ3) is 3.40. The van der Waals surface area contributed by atoms with Crippen LogP contribution in [-0.4, -0.2) is 35.0 Å². The van der Waals surface area contributed by atoms with Crippen LogP contribution in [0, 0.1) is 11.3 Å². The molecule has 1 saturated carbocycles. The van der Waals surface area contributed by atoms with E-state index in [4.69, 9.17) is 5.11 Å². The molecular formula is C11H19NO3S. The fraction of sp³-hybridized carbons (Fsp3) is 0.818. The molecule has 0 heterocycles. The topological polar surface area (TPSA) is 66.4 Å². The van der Waals surface area contributed by atoms with Crippen molar-refractivity contribution in [2.45, 2.75) is 32.7 Å². The molecule has 1 amide bonds. The van der Waals surface area contributed by atoms with Crippen LogP contribution in [0.1, 0.15) is 26.7 Å². The third-order valence-electron chi connectivity index (χ3n) is 3.06. The molecule has 5 heteroatoms. The van der Waals surface area contributed by atoms with Crippen molar-refractivity contribution in [3.05, 3.63) is 0 Å². The fourth-order valence-electron chi connectivity index (χ4n) is 1.68. The maximum absolute atomic E-state index is 11.7. The van der Waals surface area contributed by atoms with Crippen molar-refractivity contribution in [2.75, 3.05) is 12.0 Å². The maximum Gasteiger partial charge on any atom is 0.326 e. The predicted octanol–water partition coefficient (Wildman–Crippen LogP) is 1.35. The van der Waals surface area contributed by atoms with Crippen molar-refractivity contribution in [1.82, 2.24) is 5.32 Å². The number of hydrogen-bond donors (Lipinski definition) is 2. The largest absolute Gasteiger partial charge is 0.480 e. The van der Waals surface area contributed by atoms with Gasteiger partial charge in [0, 0.05) is 5.92 Å². The molecule has 1 unspecified atom stereocenters. The van der Waals surface area contributed by atoms with Crippen LogP contribution in [0.2, 0.25) is 0 Å². The number of aliphatic carboxylic acids is 1. The van der Waals surface area contributed by atoms with Crippen molar-refractivity contribution in [1.29, 1.82) is 0 Å². The number of carbonyl (C=O) groups is 2. The first-order valence-electron chi connectivity index (χ1n) is 5.40. The van der Waals surface area contributed by atoms with Gasteiger partial charge in [0.25, 0.3) is 0 Å². The van der Waals surface area contributed by atoms with Gasteiger partial charge < -0.3 is 10.4 Å². The monoisotopic (exact) mass is 245 g/mol. The molecule has 1 aliphatic carbocycles. The average Bonchev–Trinajstić information content (AvgIpc) is 2.81. The van der Waals surface area contributed by atoms with E-state index in [2.05, 4.69) is 5.32 Å². The Bertz CT molecular complexity index is 291. The number of carboxylic acid groups (broad SMARTS) is 1. The second-order valence-electron chi connectivity index (χ2n) is 4.93. The zero-order valence-electron chi connectivity index (χ0n) is 9.95. The van der Waals surface area contributed by atoms with Crippen LogP contribution in [-0.2, 0) is 9.59 Å². The number of amides is 1. The van der Waals surface area contributed by atoms with Gasteiger partial charge in [-0.1, -0.05) is 13.8 Å². The van der Waals surface area contributed by atoms with Crippen LogP contribution in [0.3, 0.4) is 0 Å². The molecule has 0 aliphatic heterocycles. The molecule has 0 spiro atoms. The molecule has 1 aliphatic rings. The summed E-state index contributed by atoms with van der Waals surface area (Å²) in [5, 5.41) is 11.6. The van der Waals surface area contributed by atoms with E-state index in [1.807, 2.05) is 20.1 Å². The van der Waals surface area contributed by atoms with Gasteiger partial charge in [0.1, 0.15) is 6.04 Å². The number of hydrogen-bond acceptors (Lipinski definition) is 3. The average molecular weight is 245 g/mol. The van der Waals surface area contributed by atoms with E-state index >= 15 is 0 Å². The van der Waals surface area contributed by atoms with Crippen LogP contribution in [0.4, 0.5) is 0 Å². The summed E-state index contributed by atoms with van der Waals surface area (Å²) in [5.74, 6) is -0.325. The Morgan fingerprint density at radius 2 is 2.12 bits per heavy atom. The molecule has 2 atom stereocenters. The van der Waals surface area contributed by atoms with Gasteiger partial charge in [-0.3, -0.25) is 4.79 Å². The van der Waals surface area contributed by atoms with E-state index in [1.54, 1.807) is 11.8 Å².